The molecule has 2 aromatic carbocycles. The lowest BCUT2D eigenvalue weighted by atomic mass is 10.1. The number of carbonyl (C=O) groups excluding carboxylic acids is 2. The van der Waals surface area contributed by atoms with Crippen LogP contribution in [0.5, 0.6) is 0 Å². The molecule has 2 aromatic rings. The maximum atomic E-state index is 12.6. The molecule has 1 unspecified atom stereocenters. The van der Waals surface area contributed by atoms with E-state index in [0.717, 1.165) is 4.90 Å². The Kier molecular flexibility index (Phi) is 9.32. The number of hydrogen-bond acceptors (Lipinski definition) is 5. The highest BCUT2D eigenvalue weighted by atomic mass is 16.4. The molecule has 34 heavy (non-hydrogen) atoms. The van der Waals surface area contributed by atoms with E-state index in [4.69, 9.17) is 16.2 Å². The molecule has 1 atom stereocenters. The number of rotatable bonds is 11. The Labute approximate surface area is 195 Å². The van der Waals surface area contributed by atoms with E-state index in [-0.39, 0.29) is 18.9 Å². The first kappa shape index (κ1) is 25.6. The number of amidine groups is 1. The Morgan fingerprint density at radius 2 is 1.68 bits per heavy atom. The molecule has 0 fully saturated rings. The van der Waals surface area contributed by atoms with Gasteiger partial charge in [0.25, 0.3) is 0 Å². The van der Waals surface area contributed by atoms with Crippen LogP contribution in [0.2, 0.25) is 0 Å². The van der Waals surface area contributed by atoms with Crippen LogP contribution in [0.25, 0.3) is 6.08 Å². The van der Waals surface area contributed by atoms with Crippen LogP contribution in [-0.2, 0) is 14.4 Å². The molecule has 0 spiro atoms. The molecule has 0 aliphatic heterocycles. The predicted molar refractivity (Wildman–Crippen MR) is 124 cm³/mol. The molecule has 3 amide bonds. The fraction of sp³-hybridized carbons (Fsp3) is 0.174. The lowest BCUT2D eigenvalue weighted by Crippen LogP contribution is -2.48. The minimum Gasteiger partial charge on any atom is -0.480 e. The summed E-state index contributed by atoms with van der Waals surface area (Å²) in [7, 11) is 0. The van der Waals surface area contributed by atoms with Crippen molar-refractivity contribution < 1.29 is 29.4 Å². The van der Waals surface area contributed by atoms with E-state index in [9.17, 15) is 24.3 Å². The van der Waals surface area contributed by atoms with E-state index in [1.165, 1.54) is 24.3 Å². The first-order valence-electron chi connectivity index (χ1n) is 10.1. The van der Waals surface area contributed by atoms with Crippen molar-refractivity contribution in [3.8, 4) is 0 Å². The van der Waals surface area contributed by atoms with Crippen LogP contribution in [0.4, 0.5) is 4.79 Å². The molecule has 11 nitrogen and oxygen atoms in total. The smallest absolute Gasteiger partial charge is 0.330 e. The molecular formula is C23H25N5O6. The van der Waals surface area contributed by atoms with Gasteiger partial charge in [-0.1, -0.05) is 54.6 Å². The fourth-order valence-corrected chi connectivity index (χ4v) is 2.88. The standard InChI is InChI=1S/C23H25N5O6/c24-21(25)17-9-6-15(7-10-17)8-11-18(29)26-12-13-28(14-19(30)31)23(34)27-20(22(32)33)16-4-2-1-3-5-16/h1-11,20H,12-14H2,(H3,24,25)(H,26,29)(H,27,34)(H,30,31)(H,32,33). The van der Waals surface area contributed by atoms with Gasteiger partial charge in [0, 0.05) is 24.7 Å². The van der Waals surface area contributed by atoms with Crippen LogP contribution >= 0.6 is 0 Å². The van der Waals surface area contributed by atoms with E-state index in [1.54, 1.807) is 42.5 Å². The first-order chi connectivity index (χ1) is 16.2. The number of nitrogens with one attached hydrogen (secondary N) is 3. The molecule has 0 saturated carbocycles. The Morgan fingerprint density at radius 3 is 2.24 bits per heavy atom. The molecule has 0 radical (unpaired) electrons. The monoisotopic (exact) mass is 467 g/mol. The van der Waals surface area contributed by atoms with Crippen LogP contribution in [-0.4, -0.2) is 64.5 Å². The van der Waals surface area contributed by atoms with Crippen LogP contribution in [0.15, 0.2) is 60.7 Å². The number of carboxylic acids is 2. The second-order valence-corrected chi connectivity index (χ2v) is 7.11. The third-order valence-corrected chi connectivity index (χ3v) is 4.59. The second-order valence-electron chi connectivity index (χ2n) is 7.11. The first-order valence-corrected chi connectivity index (χ1v) is 10.1. The number of carboxylic acid groups (broad SMARTS) is 2. The average molecular weight is 467 g/mol. The normalized spacial score (nSPS) is 11.4. The highest BCUT2D eigenvalue weighted by Gasteiger charge is 2.25. The molecule has 2 rings (SSSR count). The SMILES string of the molecule is N=C(N)c1ccc(C=CC(=O)NCCN(CC(=O)O)C(=O)NC(C(=O)O)c2ccccc2)cc1. The maximum absolute atomic E-state index is 12.6. The van der Waals surface area contributed by atoms with Gasteiger partial charge in [0.05, 0.1) is 0 Å². The van der Waals surface area contributed by atoms with Crippen LogP contribution in [0.1, 0.15) is 22.7 Å². The summed E-state index contributed by atoms with van der Waals surface area (Å²) in [6.45, 7) is -0.899. The number of nitrogen functional groups attached to an aromatic ring is 1. The predicted octanol–water partition coefficient (Wildman–Crippen LogP) is 1.02. The number of nitrogens with two attached hydrogens (primary N) is 1. The Bertz CT molecular complexity index is 1070. The van der Waals surface area contributed by atoms with Crippen molar-refractivity contribution in [2.24, 2.45) is 5.73 Å². The molecule has 0 aromatic heterocycles. The third kappa shape index (κ3) is 8.11. The quantitative estimate of drug-likeness (QED) is 0.162. The highest BCUT2D eigenvalue weighted by Crippen LogP contribution is 2.13. The van der Waals surface area contributed by atoms with Gasteiger partial charge in [0.1, 0.15) is 12.4 Å². The topological polar surface area (TPSA) is 186 Å². The van der Waals surface area contributed by atoms with Crippen molar-refractivity contribution in [2.45, 2.75) is 6.04 Å². The number of urea groups is 1. The van der Waals surface area contributed by atoms with Gasteiger partial charge in [-0.05, 0) is 17.2 Å². The van der Waals surface area contributed by atoms with Gasteiger partial charge >= 0.3 is 18.0 Å². The van der Waals surface area contributed by atoms with Gasteiger partial charge in [-0.25, -0.2) is 9.59 Å². The lowest BCUT2D eigenvalue weighted by Gasteiger charge is -2.24. The Morgan fingerprint density at radius 1 is 1.03 bits per heavy atom. The average Bonchev–Trinajstić information content (AvgIpc) is 2.80. The molecular weight excluding hydrogens is 442 g/mol. The van der Waals surface area contributed by atoms with Gasteiger partial charge in [-0.2, -0.15) is 0 Å². The largest absolute Gasteiger partial charge is 0.480 e. The minimum absolute atomic E-state index is 0.0593. The number of carbonyl (C=O) groups is 4. The van der Waals surface area contributed by atoms with E-state index in [1.807, 2.05) is 0 Å². The van der Waals surface area contributed by atoms with Crippen molar-refractivity contribution in [2.75, 3.05) is 19.6 Å². The number of nitrogens with zero attached hydrogens (tertiary/aromatic N) is 1. The molecule has 0 aliphatic carbocycles. The summed E-state index contributed by atoms with van der Waals surface area (Å²) in [5, 5.41) is 30.8. The number of hydrogen-bond donors (Lipinski definition) is 6. The van der Waals surface area contributed by atoms with Gasteiger partial charge in [0.2, 0.25) is 5.91 Å². The third-order valence-electron chi connectivity index (χ3n) is 4.59. The maximum Gasteiger partial charge on any atom is 0.330 e. The summed E-state index contributed by atoms with van der Waals surface area (Å²) in [4.78, 5) is 48.3. The summed E-state index contributed by atoms with van der Waals surface area (Å²) >= 11 is 0. The summed E-state index contributed by atoms with van der Waals surface area (Å²) in [6.07, 6.45) is 2.80. The van der Waals surface area contributed by atoms with Crippen molar-refractivity contribution >= 4 is 35.8 Å². The summed E-state index contributed by atoms with van der Waals surface area (Å²) in [6, 6.07) is 12.4. The molecule has 11 heteroatoms. The molecule has 0 heterocycles. The van der Waals surface area contributed by atoms with Crippen LogP contribution in [0.3, 0.4) is 0 Å². The zero-order valence-corrected chi connectivity index (χ0v) is 18.1. The second kappa shape index (κ2) is 12.4. The zero-order valence-electron chi connectivity index (χ0n) is 18.1. The summed E-state index contributed by atoms with van der Waals surface area (Å²) in [5.74, 6) is -3.13. The summed E-state index contributed by atoms with van der Waals surface area (Å²) in [5.41, 5.74) is 6.97. The van der Waals surface area contributed by atoms with E-state index in [2.05, 4.69) is 10.6 Å². The Balaban J connectivity index is 1.94. The van der Waals surface area contributed by atoms with Crippen LogP contribution < -0.4 is 16.4 Å². The van der Waals surface area contributed by atoms with Gasteiger partial charge in [-0.3, -0.25) is 15.0 Å². The van der Waals surface area contributed by atoms with E-state index in [0.29, 0.717) is 16.7 Å². The minimum atomic E-state index is -1.36. The summed E-state index contributed by atoms with van der Waals surface area (Å²) < 4.78 is 0. The molecule has 0 saturated heterocycles. The van der Waals surface area contributed by atoms with Gasteiger partial charge in [-0.15, -0.1) is 0 Å². The molecule has 0 aliphatic rings. The lowest BCUT2D eigenvalue weighted by molar-refractivity contribution is -0.139. The van der Waals surface area contributed by atoms with Crippen LogP contribution in [0, 0.1) is 5.41 Å². The van der Waals surface area contributed by atoms with Crippen molar-refractivity contribution in [3.63, 3.8) is 0 Å². The number of benzene rings is 2. The molecule has 7 N–H and O–H groups in total. The van der Waals surface area contributed by atoms with Crippen molar-refractivity contribution in [1.29, 1.82) is 5.41 Å². The van der Waals surface area contributed by atoms with Gasteiger partial charge in [0.15, 0.2) is 6.04 Å². The number of aliphatic carboxylic acids is 2. The van der Waals surface area contributed by atoms with Crippen molar-refractivity contribution in [1.82, 2.24) is 15.5 Å². The Hall–Kier alpha value is -4.67. The van der Waals surface area contributed by atoms with E-state index >= 15 is 0 Å². The fourth-order valence-electron chi connectivity index (χ4n) is 2.88. The highest BCUT2D eigenvalue weighted by molar-refractivity contribution is 5.95. The zero-order chi connectivity index (χ0) is 25.1. The molecule has 0 bridgehead atoms. The molecule has 178 valence electrons. The van der Waals surface area contributed by atoms with Gasteiger partial charge < -0.3 is 31.5 Å². The number of amides is 3. The van der Waals surface area contributed by atoms with Crippen molar-refractivity contribution in [3.05, 3.63) is 77.4 Å². The van der Waals surface area contributed by atoms with E-state index < -0.39 is 36.5 Å².